The van der Waals surface area contributed by atoms with Gasteiger partial charge in [-0.1, -0.05) is 13.8 Å². The lowest BCUT2D eigenvalue weighted by Gasteiger charge is -2.40. The molecule has 3 heteroatoms. The van der Waals surface area contributed by atoms with Gasteiger partial charge in [0.25, 0.3) is 0 Å². The van der Waals surface area contributed by atoms with Crippen molar-refractivity contribution >= 4 is 11.3 Å². The van der Waals surface area contributed by atoms with Crippen LogP contribution in [0.3, 0.4) is 0 Å². The summed E-state index contributed by atoms with van der Waals surface area (Å²) >= 11 is 1.81. The Kier molecular flexibility index (Phi) is 5.22. The Hall–Kier alpha value is -0.380. The summed E-state index contributed by atoms with van der Waals surface area (Å²) < 4.78 is 0. The van der Waals surface area contributed by atoms with Crippen LogP contribution in [0.25, 0.3) is 0 Å². The average molecular weight is 266 g/mol. The van der Waals surface area contributed by atoms with Crippen LogP contribution in [0, 0.1) is 5.92 Å². The van der Waals surface area contributed by atoms with Crippen molar-refractivity contribution < 1.29 is 0 Å². The second-order valence-electron chi connectivity index (χ2n) is 5.97. The van der Waals surface area contributed by atoms with Crippen LogP contribution in [-0.2, 0) is 6.42 Å². The normalized spacial score (nSPS) is 25.8. The maximum atomic E-state index is 3.62. The first-order chi connectivity index (χ1) is 8.65. The molecule has 0 aromatic carbocycles. The van der Waals surface area contributed by atoms with Crippen molar-refractivity contribution in [1.82, 2.24) is 10.2 Å². The van der Waals surface area contributed by atoms with Crippen LogP contribution in [0.1, 0.15) is 32.8 Å². The van der Waals surface area contributed by atoms with Gasteiger partial charge >= 0.3 is 0 Å². The van der Waals surface area contributed by atoms with E-state index in [1.807, 2.05) is 11.3 Å². The number of hydrogen-bond acceptors (Lipinski definition) is 3. The lowest BCUT2D eigenvalue weighted by Crippen LogP contribution is -2.56. The molecular formula is C15H26N2S. The number of hydrogen-bond donors (Lipinski definition) is 1. The molecule has 2 nitrogen and oxygen atoms in total. The van der Waals surface area contributed by atoms with E-state index in [-0.39, 0.29) is 0 Å². The zero-order valence-electron chi connectivity index (χ0n) is 11.9. The van der Waals surface area contributed by atoms with Crippen molar-refractivity contribution in [2.24, 2.45) is 5.92 Å². The topological polar surface area (TPSA) is 15.3 Å². The predicted octanol–water partition coefficient (Wildman–Crippen LogP) is 3.00. The minimum Gasteiger partial charge on any atom is -0.311 e. The van der Waals surface area contributed by atoms with Crippen molar-refractivity contribution in [3.63, 3.8) is 0 Å². The Morgan fingerprint density at radius 3 is 3.00 bits per heavy atom. The van der Waals surface area contributed by atoms with E-state index in [1.54, 1.807) is 0 Å². The van der Waals surface area contributed by atoms with E-state index < -0.39 is 0 Å². The highest BCUT2D eigenvalue weighted by Gasteiger charge is 2.25. The van der Waals surface area contributed by atoms with Crippen molar-refractivity contribution in [3.8, 4) is 0 Å². The molecule has 2 heterocycles. The molecule has 0 amide bonds. The second kappa shape index (κ2) is 6.69. The molecule has 1 aromatic heterocycles. The molecule has 1 saturated heterocycles. The van der Waals surface area contributed by atoms with Crippen molar-refractivity contribution in [2.75, 3.05) is 19.6 Å². The molecule has 1 fully saturated rings. The summed E-state index contributed by atoms with van der Waals surface area (Å²) in [6, 6.07) is 3.61. The fourth-order valence-corrected chi connectivity index (χ4v) is 3.49. The van der Waals surface area contributed by atoms with Crippen LogP contribution in [0.2, 0.25) is 0 Å². The molecule has 0 radical (unpaired) electrons. The summed E-state index contributed by atoms with van der Waals surface area (Å²) in [5.41, 5.74) is 1.49. The smallest absolute Gasteiger partial charge is 0.0223 e. The maximum absolute atomic E-state index is 3.62. The van der Waals surface area contributed by atoms with Gasteiger partial charge in [-0.15, -0.1) is 0 Å². The number of rotatable bonds is 5. The van der Waals surface area contributed by atoms with Gasteiger partial charge in [-0.05, 0) is 48.1 Å². The molecule has 2 rings (SSSR count). The molecule has 102 valence electrons. The maximum Gasteiger partial charge on any atom is 0.0223 e. The first kappa shape index (κ1) is 14.0. The third kappa shape index (κ3) is 4.08. The highest BCUT2D eigenvalue weighted by Crippen LogP contribution is 2.16. The molecule has 0 spiro atoms. The molecule has 1 N–H and O–H groups in total. The fraction of sp³-hybridized carbons (Fsp3) is 0.733. The molecule has 0 saturated carbocycles. The van der Waals surface area contributed by atoms with E-state index in [9.17, 15) is 0 Å². The minimum absolute atomic E-state index is 0.635. The number of thiophene rings is 1. The summed E-state index contributed by atoms with van der Waals surface area (Å²) in [5.74, 6) is 0.786. The SMILES string of the molecule is CC(C)CC1CNC(C)CN1CCc1ccsc1. The Bertz CT molecular complexity index is 334. The zero-order chi connectivity index (χ0) is 13.0. The van der Waals surface area contributed by atoms with Crippen LogP contribution in [0.4, 0.5) is 0 Å². The fourth-order valence-electron chi connectivity index (χ4n) is 2.79. The molecule has 2 atom stereocenters. The van der Waals surface area contributed by atoms with Gasteiger partial charge in [-0.2, -0.15) is 11.3 Å². The third-order valence-electron chi connectivity index (χ3n) is 3.74. The molecule has 1 aliphatic heterocycles. The monoisotopic (exact) mass is 266 g/mol. The number of piperazine rings is 1. The minimum atomic E-state index is 0.635. The first-order valence-corrected chi connectivity index (χ1v) is 8.08. The van der Waals surface area contributed by atoms with E-state index >= 15 is 0 Å². The number of nitrogens with one attached hydrogen (secondary N) is 1. The summed E-state index contributed by atoms with van der Waals surface area (Å²) in [4.78, 5) is 2.69. The van der Waals surface area contributed by atoms with Gasteiger partial charge in [0.05, 0.1) is 0 Å². The quantitative estimate of drug-likeness (QED) is 0.881. The molecule has 18 heavy (non-hydrogen) atoms. The van der Waals surface area contributed by atoms with E-state index in [1.165, 1.54) is 31.5 Å². The van der Waals surface area contributed by atoms with Gasteiger partial charge in [-0.3, -0.25) is 4.90 Å². The highest BCUT2D eigenvalue weighted by atomic mass is 32.1. The lowest BCUT2D eigenvalue weighted by atomic mass is 9.99. The zero-order valence-corrected chi connectivity index (χ0v) is 12.7. The molecule has 0 aliphatic carbocycles. The Morgan fingerprint density at radius 2 is 2.33 bits per heavy atom. The van der Waals surface area contributed by atoms with Gasteiger partial charge in [-0.25, -0.2) is 0 Å². The largest absolute Gasteiger partial charge is 0.311 e. The predicted molar refractivity (Wildman–Crippen MR) is 80.3 cm³/mol. The highest BCUT2D eigenvalue weighted by molar-refractivity contribution is 7.07. The van der Waals surface area contributed by atoms with E-state index in [0.717, 1.165) is 18.5 Å². The van der Waals surface area contributed by atoms with Crippen LogP contribution in [0.5, 0.6) is 0 Å². The van der Waals surface area contributed by atoms with Gasteiger partial charge in [0, 0.05) is 31.7 Å². The van der Waals surface area contributed by atoms with Crippen molar-refractivity contribution in [3.05, 3.63) is 22.4 Å². The van der Waals surface area contributed by atoms with E-state index in [4.69, 9.17) is 0 Å². The molecular weight excluding hydrogens is 240 g/mol. The van der Waals surface area contributed by atoms with E-state index in [2.05, 4.69) is 47.8 Å². The average Bonchev–Trinajstić information content (AvgIpc) is 2.82. The Balaban J connectivity index is 1.88. The van der Waals surface area contributed by atoms with Gasteiger partial charge in [0.15, 0.2) is 0 Å². The third-order valence-corrected chi connectivity index (χ3v) is 4.47. The standard InChI is InChI=1S/C15H26N2S/c1-12(2)8-15-9-16-13(3)10-17(15)6-4-14-5-7-18-11-14/h5,7,11-13,15-16H,4,6,8-10H2,1-3H3. The van der Waals surface area contributed by atoms with Gasteiger partial charge in [0.2, 0.25) is 0 Å². The van der Waals surface area contributed by atoms with Crippen LogP contribution in [-0.4, -0.2) is 36.6 Å². The summed E-state index contributed by atoms with van der Waals surface area (Å²) in [6.45, 7) is 10.5. The van der Waals surface area contributed by atoms with Crippen LogP contribution < -0.4 is 5.32 Å². The van der Waals surface area contributed by atoms with Crippen LogP contribution >= 0.6 is 11.3 Å². The molecule has 0 bridgehead atoms. The number of nitrogens with zero attached hydrogens (tertiary/aromatic N) is 1. The Labute approximate surface area is 115 Å². The summed E-state index contributed by atoms with van der Waals surface area (Å²) in [7, 11) is 0. The van der Waals surface area contributed by atoms with Crippen molar-refractivity contribution in [2.45, 2.75) is 45.7 Å². The lowest BCUT2D eigenvalue weighted by molar-refractivity contribution is 0.120. The summed E-state index contributed by atoms with van der Waals surface area (Å²) in [6.07, 6.45) is 2.51. The summed E-state index contributed by atoms with van der Waals surface area (Å²) in [5, 5.41) is 8.08. The first-order valence-electron chi connectivity index (χ1n) is 7.13. The van der Waals surface area contributed by atoms with Crippen molar-refractivity contribution in [1.29, 1.82) is 0 Å². The molecule has 1 aliphatic rings. The van der Waals surface area contributed by atoms with Crippen LogP contribution in [0.15, 0.2) is 16.8 Å². The second-order valence-corrected chi connectivity index (χ2v) is 6.75. The Morgan fingerprint density at radius 1 is 1.50 bits per heavy atom. The molecule has 2 unspecified atom stereocenters. The molecule has 1 aromatic rings. The van der Waals surface area contributed by atoms with Gasteiger partial charge in [0.1, 0.15) is 0 Å². The van der Waals surface area contributed by atoms with E-state index in [0.29, 0.717) is 6.04 Å². The van der Waals surface area contributed by atoms with Gasteiger partial charge < -0.3 is 5.32 Å².